The van der Waals surface area contributed by atoms with Crippen molar-refractivity contribution < 1.29 is 0 Å². The van der Waals surface area contributed by atoms with E-state index in [0.29, 0.717) is 4.47 Å². The van der Waals surface area contributed by atoms with E-state index in [9.17, 15) is 4.79 Å². The molecule has 0 saturated carbocycles. The van der Waals surface area contributed by atoms with E-state index < -0.39 is 0 Å². The second kappa shape index (κ2) is 9.76. The predicted octanol–water partition coefficient (Wildman–Crippen LogP) is 5.51. The minimum Gasteiger partial charge on any atom is -0.313 e. The number of hydrogen-bond acceptors (Lipinski definition) is 1. The van der Waals surface area contributed by atoms with Gasteiger partial charge in [-0.15, -0.1) is 0 Å². The quantitative estimate of drug-likeness (QED) is 0.507. The normalized spacial score (nSPS) is 10.9. The van der Waals surface area contributed by atoms with E-state index in [2.05, 4.69) is 38.8 Å². The van der Waals surface area contributed by atoms with E-state index in [1.54, 1.807) is 10.6 Å². The fraction of sp³-hybridized carbons (Fsp3) is 0.667. The largest absolute Gasteiger partial charge is 0.313 e. The van der Waals surface area contributed by atoms with Gasteiger partial charge in [-0.1, -0.05) is 51.9 Å². The summed E-state index contributed by atoms with van der Waals surface area (Å²) in [4.78, 5) is 11.9. The first-order valence-corrected chi connectivity index (χ1v) is 8.79. The van der Waals surface area contributed by atoms with Crippen molar-refractivity contribution in [2.45, 2.75) is 64.8 Å². The molecule has 19 heavy (non-hydrogen) atoms. The molecule has 0 N–H and O–H groups in total. The van der Waals surface area contributed by atoms with Gasteiger partial charge < -0.3 is 4.57 Å². The van der Waals surface area contributed by atoms with Crippen molar-refractivity contribution in [3.8, 4) is 0 Å². The van der Waals surface area contributed by atoms with Crippen LogP contribution in [0.3, 0.4) is 0 Å². The van der Waals surface area contributed by atoms with Crippen LogP contribution in [0.2, 0.25) is 0 Å². The average molecular weight is 393 g/mol. The zero-order chi connectivity index (χ0) is 14.1. The average Bonchev–Trinajstić information content (AvgIpc) is 2.38. The molecule has 0 radical (unpaired) electrons. The highest BCUT2D eigenvalue weighted by atomic mass is 79.9. The zero-order valence-corrected chi connectivity index (χ0v) is 14.8. The van der Waals surface area contributed by atoms with Crippen LogP contribution in [0, 0.1) is 0 Å². The van der Waals surface area contributed by atoms with Gasteiger partial charge in [-0.25, -0.2) is 0 Å². The van der Waals surface area contributed by atoms with Crippen LogP contribution in [0.1, 0.15) is 58.3 Å². The highest BCUT2D eigenvalue weighted by Gasteiger charge is 2.02. The van der Waals surface area contributed by atoms with E-state index in [1.807, 2.05) is 6.20 Å². The molecule has 1 aromatic rings. The number of aryl methyl sites for hydroxylation is 1. The fourth-order valence-electron chi connectivity index (χ4n) is 2.15. The molecule has 0 aliphatic carbocycles. The molecule has 0 bridgehead atoms. The highest BCUT2D eigenvalue weighted by molar-refractivity contribution is 9.11. The van der Waals surface area contributed by atoms with Crippen molar-refractivity contribution in [1.29, 1.82) is 0 Å². The lowest BCUT2D eigenvalue weighted by Gasteiger charge is -2.07. The Labute approximate surface area is 132 Å². The number of hydrogen-bond donors (Lipinski definition) is 0. The number of pyridine rings is 1. The lowest BCUT2D eigenvalue weighted by molar-refractivity contribution is 0.536. The van der Waals surface area contributed by atoms with Gasteiger partial charge in [0.15, 0.2) is 0 Å². The molecule has 4 heteroatoms. The summed E-state index contributed by atoms with van der Waals surface area (Å²) in [5.74, 6) is 0. The van der Waals surface area contributed by atoms with Crippen LogP contribution in [-0.2, 0) is 6.54 Å². The maximum atomic E-state index is 11.9. The second-order valence-corrected chi connectivity index (χ2v) is 6.75. The monoisotopic (exact) mass is 391 g/mol. The Morgan fingerprint density at radius 3 is 2.21 bits per heavy atom. The molecule has 0 spiro atoms. The Hall–Kier alpha value is -0.0900. The molecule has 1 rings (SSSR count). The summed E-state index contributed by atoms with van der Waals surface area (Å²) < 4.78 is 3.35. The first-order valence-electron chi connectivity index (χ1n) is 7.20. The van der Waals surface area contributed by atoms with Crippen LogP contribution < -0.4 is 5.56 Å². The molecule has 1 heterocycles. The van der Waals surface area contributed by atoms with E-state index in [1.165, 1.54) is 44.9 Å². The minimum atomic E-state index is 0.0612. The van der Waals surface area contributed by atoms with Crippen molar-refractivity contribution in [2.75, 3.05) is 0 Å². The predicted molar refractivity (Wildman–Crippen MR) is 88.7 cm³/mol. The smallest absolute Gasteiger partial charge is 0.264 e. The topological polar surface area (TPSA) is 22.0 Å². The first kappa shape index (κ1) is 17.0. The van der Waals surface area contributed by atoms with Crippen LogP contribution in [-0.4, -0.2) is 4.57 Å². The number of rotatable bonds is 9. The molecular weight excluding hydrogens is 370 g/mol. The van der Waals surface area contributed by atoms with Crippen molar-refractivity contribution in [2.24, 2.45) is 0 Å². The van der Waals surface area contributed by atoms with Crippen LogP contribution in [0.25, 0.3) is 0 Å². The van der Waals surface area contributed by atoms with Gasteiger partial charge in [-0.3, -0.25) is 4.79 Å². The summed E-state index contributed by atoms with van der Waals surface area (Å²) in [6.45, 7) is 3.06. The Balaban J connectivity index is 2.21. The summed E-state index contributed by atoms with van der Waals surface area (Å²) >= 11 is 6.71. The molecule has 0 amide bonds. The molecule has 0 atom stereocenters. The summed E-state index contributed by atoms with van der Waals surface area (Å²) in [6.07, 6.45) is 12.2. The Morgan fingerprint density at radius 1 is 1.00 bits per heavy atom. The molecule has 1 aromatic heterocycles. The fourth-order valence-corrected chi connectivity index (χ4v) is 3.40. The summed E-state index contributed by atoms with van der Waals surface area (Å²) in [5, 5.41) is 0. The Bertz CT molecular complexity index is 429. The third kappa shape index (κ3) is 6.75. The number of aromatic nitrogens is 1. The van der Waals surface area contributed by atoms with Crippen molar-refractivity contribution in [3.05, 3.63) is 31.6 Å². The van der Waals surface area contributed by atoms with Crippen LogP contribution >= 0.6 is 31.9 Å². The second-order valence-electron chi connectivity index (χ2n) is 4.98. The van der Waals surface area contributed by atoms with Crippen LogP contribution in [0.5, 0.6) is 0 Å². The molecule has 0 aromatic carbocycles. The van der Waals surface area contributed by atoms with Gasteiger partial charge in [0, 0.05) is 17.2 Å². The first-order chi connectivity index (χ1) is 9.15. The van der Waals surface area contributed by atoms with Gasteiger partial charge in [0.05, 0.1) is 4.47 Å². The van der Waals surface area contributed by atoms with E-state index in [-0.39, 0.29) is 5.56 Å². The Morgan fingerprint density at radius 2 is 1.58 bits per heavy atom. The minimum absolute atomic E-state index is 0.0612. The molecular formula is C15H23Br2NO. The Kier molecular flexibility index (Phi) is 8.71. The number of halogens is 2. The molecule has 0 saturated heterocycles. The van der Waals surface area contributed by atoms with Crippen LogP contribution in [0.15, 0.2) is 26.0 Å². The van der Waals surface area contributed by atoms with Gasteiger partial charge >= 0.3 is 0 Å². The van der Waals surface area contributed by atoms with Crippen molar-refractivity contribution >= 4 is 31.9 Å². The van der Waals surface area contributed by atoms with Gasteiger partial charge in [-0.2, -0.15) is 0 Å². The van der Waals surface area contributed by atoms with Gasteiger partial charge in [0.1, 0.15) is 0 Å². The lowest BCUT2D eigenvalue weighted by atomic mass is 10.1. The molecule has 0 unspecified atom stereocenters. The van der Waals surface area contributed by atoms with E-state index in [0.717, 1.165) is 17.4 Å². The lowest BCUT2D eigenvalue weighted by Crippen LogP contribution is -2.20. The molecule has 0 fully saturated rings. The van der Waals surface area contributed by atoms with Gasteiger partial charge in [0.25, 0.3) is 5.56 Å². The van der Waals surface area contributed by atoms with Crippen LogP contribution in [0.4, 0.5) is 0 Å². The van der Waals surface area contributed by atoms with E-state index in [4.69, 9.17) is 0 Å². The maximum absolute atomic E-state index is 11.9. The molecule has 0 aliphatic rings. The van der Waals surface area contributed by atoms with Gasteiger partial charge in [0.2, 0.25) is 0 Å². The summed E-state index contributed by atoms with van der Waals surface area (Å²) in [7, 11) is 0. The molecule has 0 aliphatic heterocycles. The number of nitrogens with zero attached hydrogens (tertiary/aromatic N) is 1. The highest BCUT2D eigenvalue weighted by Crippen LogP contribution is 2.14. The van der Waals surface area contributed by atoms with E-state index >= 15 is 0 Å². The molecule has 108 valence electrons. The SMILES string of the molecule is CCCCCCCCCCn1cc(Br)cc(Br)c1=O. The third-order valence-corrected chi connectivity index (χ3v) is 4.26. The standard InChI is InChI=1S/C15H23Br2NO/c1-2-3-4-5-6-7-8-9-10-18-12-13(16)11-14(17)15(18)19/h11-12H,2-10H2,1H3. The summed E-state index contributed by atoms with van der Waals surface area (Å²) in [5.41, 5.74) is 0.0612. The third-order valence-electron chi connectivity index (χ3n) is 3.26. The zero-order valence-electron chi connectivity index (χ0n) is 11.6. The van der Waals surface area contributed by atoms with Gasteiger partial charge in [-0.05, 0) is 44.3 Å². The van der Waals surface area contributed by atoms with Crippen molar-refractivity contribution in [3.63, 3.8) is 0 Å². The molecule has 2 nitrogen and oxygen atoms in total. The summed E-state index contributed by atoms with van der Waals surface area (Å²) in [6, 6.07) is 1.80. The maximum Gasteiger partial charge on any atom is 0.264 e. The van der Waals surface area contributed by atoms with Crippen molar-refractivity contribution in [1.82, 2.24) is 4.57 Å². The number of unbranched alkanes of at least 4 members (excludes halogenated alkanes) is 7.